The second kappa shape index (κ2) is 5.95. The Balaban J connectivity index is 2.19. The molecular weight excluding hydrogens is 292 g/mol. The van der Waals surface area contributed by atoms with Gasteiger partial charge in [0.15, 0.2) is 0 Å². The molecule has 2 rings (SSSR count). The molecule has 4 nitrogen and oxygen atoms in total. The maximum Gasteiger partial charge on any atom is 0.243 e. The standard InChI is InChI=1S/C14H18N2O2S2/c1-3-11-7-8-12(19-11)9-16-20(17,18)14-10(2)5-4-6-13(14)15/h4-8,16H,3,9,15H2,1-2H3. The van der Waals surface area contributed by atoms with Crippen LogP contribution < -0.4 is 10.5 Å². The summed E-state index contributed by atoms with van der Waals surface area (Å²) in [4.78, 5) is 2.42. The summed E-state index contributed by atoms with van der Waals surface area (Å²) in [6.07, 6.45) is 0.960. The number of aryl methyl sites for hydroxylation is 2. The molecule has 0 unspecified atom stereocenters. The highest BCUT2D eigenvalue weighted by Gasteiger charge is 2.19. The summed E-state index contributed by atoms with van der Waals surface area (Å²) in [6, 6.07) is 9.06. The Bertz CT molecular complexity index is 685. The zero-order valence-electron chi connectivity index (χ0n) is 11.5. The Morgan fingerprint density at radius 2 is 1.90 bits per heavy atom. The van der Waals surface area contributed by atoms with Crippen molar-refractivity contribution in [3.05, 3.63) is 45.6 Å². The molecule has 0 aliphatic carbocycles. The average Bonchev–Trinajstić information content (AvgIpc) is 2.84. The van der Waals surface area contributed by atoms with Gasteiger partial charge in [0.1, 0.15) is 4.90 Å². The lowest BCUT2D eigenvalue weighted by Crippen LogP contribution is -2.24. The molecule has 0 aliphatic heterocycles. The Kier molecular flexibility index (Phi) is 4.47. The molecule has 1 aromatic carbocycles. The highest BCUT2D eigenvalue weighted by molar-refractivity contribution is 7.89. The first-order chi connectivity index (χ1) is 9.44. The molecule has 0 fully saturated rings. The summed E-state index contributed by atoms with van der Waals surface area (Å²) in [7, 11) is -3.59. The third kappa shape index (κ3) is 3.20. The third-order valence-electron chi connectivity index (χ3n) is 3.01. The van der Waals surface area contributed by atoms with Gasteiger partial charge < -0.3 is 5.73 Å². The number of benzene rings is 1. The van der Waals surface area contributed by atoms with Crippen molar-refractivity contribution in [2.75, 3.05) is 5.73 Å². The van der Waals surface area contributed by atoms with E-state index in [1.54, 1.807) is 36.5 Å². The summed E-state index contributed by atoms with van der Waals surface area (Å²) in [6.45, 7) is 4.11. The number of sulfonamides is 1. The molecule has 20 heavy (non-hydrogen) atoms. The van der Waals surface area contributed by atoms with Gasteiger partial charge in [-0.15, -0.1) is 11.3 Å². The topological polar surface area (TPSA) is 72.2 Å². The second-order valence-corrected chi connectivity index (χ2v) is 7.50. The van der Waals surface area contributed by atoms with Gasteiger partial charge in [-0.2, -0.15) is 0 Å². The van der Waals surface area contributed by atoms with Crippen LogP contribution in [0, 0.1) is 6.92 Å². The fraction of sp³-hybridized carbons (Fsp3) is 0.286. The maximum absolute atomic E-state index is 12.3. The lowest BCUT2D eigenvalue weighted by molar-refractivity contribution is 0.581. The van der Waals surface area contributed by atoms with E-state index < -0.39 is 10.0 Å². The van der Waals surface area contributed by atoms with E-state index in [9.17, 15) is 8.42 Å². The Hall–Kier alpha value is -1.37. The number of nitrogens with two attached hydrogens (primary N) is 1. The summed E-state index contributed by atoms with van der Waals surface area (Å²) in [5, 5.41) is 0. The number of nitrogen functional groups attached to an aromatic ring is 1. The molecule has 3 N–H and O–H groups in total. The average molecular weight is 310 g/mol. The largest absolute Gasteiger partial charge is 0.398 e. The molecule has 0 atom stereocenters. The summed E-state index contributed by atoms with van der Waals surface area (Å²) < 4.78 is 27.3. The lowest BCUT2D eigenvalue weighted by Gasteiger charge is -2.11. The number of hydrogen-bond acceptors (Lipinski definition) is 4. The molecular formula is C14H18N2O2S2. The zero-order chi connectivity index (χ0) is 14.8. The van der Waals surface area contributed by atoms with Crippen molar-refractivity contribution in [3.63, 3.8) is 0 Å². The van der Waals surface area contributed by atoms with Gasteiger partial charge in [0.05, 0.1) is 5.69 Å². The van der Waals surface area contributed by atoms with E-state index in [2.05, 4.69) is 11.6 Å². The molecule has 0 saturated heterocycles. The van der Waals surface area contributed by atoms with Crippen LogP contribution >= 0.6 is 11.3 Å². The van der Waals surface area contributed by atoms with Gasteiger partial charge in [-0.25, -0.2) is 13.1 Å². The molecule has 0 saturated carbocycles. The van der Waals surface area contributed by atoms with E-state index >= 15 is 0 Å². The van der Waals surface area contributed by atoms with E-state index in [0.29, 0.717) is 12.1 Å². The van der Waals surface area contributed by atoms with E-state index in [0.717, 1.165) is 11.3 Å². The Labute approximate surface area is 123 Å². The summed E-state index contributed by atoms with van der Waals surface area (Å²) in [5.41, 5.74) is 6.71. The molecule has 108 valence electrons. The normalized spacial score (nSPS) is 11.7. The van der Waals surface area contributed by atoms with Crippen LogP contribution in [0.4, 0.5) is 5.69 Å². The van der Waals surface area contributed by atoms with E-state index in [-0.39, 0.29) is 10.6 Å². The van der Waals surface area contributed by atoms with E-state index in [4.69, 9.17) is 5.73 Å². The van der Waals surface area contributed by atoms with Crippen molar-refractivity contribution < 1.29 is 8.42 Å². The highest BCUT2D eigenvalue weighted by atomic mass is 32.2. The van der Waals surface area contributed by atoms with Gasteiger partial charge in [-0.1, -0.05) is 19.1 Å². The van der Waals surface area contributed by atoms with Crippen molar-refractivity contribution in [3.8, 4) is 0 Å². The quantitative estimate of drug-likeness (QED) is 0.834. The summed E-state index contributed by atoms with van der Waals surface area (Å²) in [5.74, 6) is 0. The molecule has 0 amide bonds. The van der Waals surface area contributed by atoms with Crippen molar-refractivity contribution in [1.82, 2.24) is 4.72 Å². The zero-order valence-corrected chi connectivity index (χ0v) is 13.1. The first-order valence-electron chi connectivity index (χ1n) is 6.36. The van der Waals surface area contributed by atoms with Gasteiger partial charge in [-0.3, -0.25) is 0 Å². The highest BCUT2D eigenvalue weighted by Crippen LogP contribution is 2.23. The number of thiophene rings is 1. The van der Waals surface area contributed by atoms with Crippen molar-refractivity contribution >= 4 is 27.0 Å². The smallest absolute Gasteiger partial charge is 0.243 e. The molecule has 0 spiro atoms. The van der Waals surface area contributed by atoms with Gasteiger partial charge in [0.2, 0.25) is 10.0 Å². The minimum absolute atomic E-state index is 0.173. The SMILES string of the molecule is CCc1ccc(CNS(=O)(=O)c2c(C)cccc2N)s1. The molecule has 0 bridgehead atoms. The van der Waals surface area contributed by atoms with Gasteiger partial charge in [-0.05, 0) is 37.1 Å². The molecule has 0 radical (unpaired) electrons. The van der Waals surface area contributed by atoms with Crippen LogP contribution in [-0.4, -0.2) is 8.42 Å². The van der Waals surface area contributed by atoms with Crippen molar-refractivity contribution in [2.45, 2.75) is 31.7 Å². The summed E-state index contributed by atoms with van der Waals surface area (Å²) >= 11 is 1.62. The maximum atomic E-state index is 12.3. The predicted octanol–water partition coefficient (Wildman–Crippen LogP) is 2.68. The van der Waals surface area contributed by atoms with Crippen LogP contribution in [0.5, 0.6) is 0 Å². The fourth-order valence-electron chi connectivity index (χ4n) is 1.99. The monoisotopic (exact) mass is 310 g/mol. The van der Waals surface area contributed by atoms with Crippen LogP contribution in [0.25, 0.3) is 0 Å². The number of anilines is 1. The molecule has 0 aliphatic rings. The minimum atomic E-state index is -3.59. The fourth-order valence-corrected chi connectivity index (χ4v) is 4.34. The molecule has 1 heterocycles. The van der Waals surface area contributed by atoms with Crippen LogP contribution in [0.1, 0.15) is 22.2 Å². The lowest BCUT2D eigenvalue weighted by atomic mass is 10.2. The Morgan fingerprint density at radius 1 is 1.20 bits per heavy atom. The second-order valence-electron chi connectivity index (χ2n) is 4.54. The van der Waals surface area contributed by atoms with Crippen LogP contribution in [0.15, 0.2) is 35.2 Å². The van der Waals surface area contributed by atoms with Gasteiger partial charge in [0, 0.05) is 16.3 Å². The first-order valence-corrected chi connectivity index (χ1v) is 8.66. The number of nitrogens with one attached hydrogen (secondary N) is 1. The van der Waals surface area contributed by atoms with Crippen LogP contribution in [-0.2, 0) is 23.0 Å². The predicted molar refractivity (Wildman–Crippen MR) is 83.3 cm³/mol. The van der Waals surface area contributed by atoms with E-state index in [1.807, 2.05) is 12.1 Å². The molecule has 6 heteroatoms. The molecule has 1 aromatic heterocycles. The molecule has 2 aromatic rings. The van der Waals surface area contributed by atoms with Crippen molar-refractivity contribution in [2.24, 2.45) is 0 Å². The van der Waals surface area contributed by atoms with E-state index in [1.165, 1.54) is 4.88 Å². The van der Waals surface area contributed by atoms with Gasteiger partial charge >= 0.3 is 0 Å². The number of rotatable bonds is 5. The minimum Gasteiger partial charge on any atom is -0.398 e. The van der Waals surface area contributed by atoms with Crippen LogP contribution in [0.2, 0.25) is 0 Å². The van der Waals surface area contributed by atoms with Crippen LogP contribution in [0.3, 0.4) is 0 Å². The Morgan fingerprint density at radius 3 is 2.50 bits per heavy atom. The van der Waals surface area contributed by atoms with Crippen molar-refractivity contribution in [1.29, 1.82) is 0 Å². The number of hydrogen-bond donors (Lipinski definition) is 2. The van der Waals surface area contributed by atoms with Gasteiger partial charge in [0.25, 0.3) is 0 Å². The first kappa shape index (κ1) is 15.0. The third-order valence-corrected chi connectivity index (χ3v) is 5.86.